The number of β-lactam (4-membered cyclic amide) rings is 1. The zero-order valence-corrected chi connectivity index (χ0v) is 16.2. The van der Waals surface area contributed by atoms with Crippen molar-refractivity contribution in [1.82, 2.24) is 9.88 Å². The summed E-state index contributed by atoms with van der Waals surface area (Å²) in [5.74, 6) is -1.03. The number of carbonyl (C=O) groups excluding carboxylic acids is 2. The quantitative estimate of drug-likeness (QED) is 0.309. The lowest BCUT2D eigenvalue weighted by molar-refractivity contribution is -0.154. The van der Waals surface area contributed by atoms with E-state index in [4.69, 9.17) is 4.74 Å². The van der Waals surface area contributed by atoms with Gasteiger partial charge in [-0.05, 0) is 0 Å². The molecule has 2 aliphatic rings. The maximum Gasteiger partial charge on any atom is 0.316 e. The predicted molar refractivity (Wildman–Crippen MR) is 94.1 cm³/mol. The van der Waals surface area contributed by atoms with Gasteiger partial charge in [0.2, 0.25) is 5.91 Å². The van der Waals surface area contributed by atoms with E-state index in [1.165, 1.54) is 18.7 Å². The number of carboxylic acids is 1. The molecule has 0 spiro atoms. The van der Waals surface area contributed by atoms with Crippen LogP contribution >= 0.6 is 11.8 Å². The fourth-order valence-electron chi connectivity index (χ4n) is 2.80. The first-order chi connectivity index (χ1) is 11.1. The van der Waals surface area contributed by atoms with Crippen molar-refractivity contribution < 1.29 is 24.2 Å². The van der Waals surface area contributed by atoms with E-state index >= 15 is 0 Å². The van der Waals surface area contributed by atoms with Crippen LogP contribution in [0.2, 0.25) is 19.6 Å². The molecule has 0 aromatic carbocycles. The van der Waals surface area contributed by atoms with Crippen molar-refractivity contribution in [2.24, 2.45) is 5.41 Å². The molecule has 134 valence electrons. The van der Waals surface area contributed by atoms with Crippen LogP contribution in [0.1, 0.15) is 6.92 Å². The first kappa shape index (κ1) is 19.0. The Morgan fingerprint density at radius 1 is 1.50 bits per heavy atom. The zero-order chi connectivity index (χ0) is 18.1. The highest BCUT2D eigenvalue weighted by atomic mass is 32.2. The van der Waals surface area contributed by atoms with E-state index in [1.807, 2.05) is 0 Å². The number of rotatable bonds is 6. The number of carbonyl (C=O) groups is 3. The molecule has 2 aliphatic heterocycles. The average molecular weight is 373 g/mol. The summed E-state index contributed by atoms with van der Waals surface area (Å²) in [5, 5.41) is 9.64. The van der Waals surface area contributed by atoms with Crippen molar-refractivity contribution in [1.29, 1.82) is 0 Å². The minimum absolute atomic E-state index is 0.00132. The summed E-state index contributed by atoms with van der Waals surface area (Å²) in [4.78, 5) is 40.0. The van der Waals surface area contributed by atoms with Gasteiger partial charge in [-0.15, -0.1) is 11.8 Å². The van der Waals surface area contributed by atoms with Gasteiger partial charge >= 0.3 is 11.9 Å². The third-order valence-electron chi connectivity index (χ3n) is 3.94. The van der Waals surface area contributed by atoms with Gasteiger partial charge in [-0.2, -0.15) is 0 Å². The molecule has 2 rings (SSSR count). The highest BCUT2D eigenvalue weighted by Crippen LogP contribution is 2.43. The van der Waals surface area contributed by atoms with Crippen LogP contribution in [-0.4, -0.2) is 66.4 Å². The second-order valence-electron chi connectivity index (χ2n) is 7.21. The van der Waals surface area contributed by atoms with Gasteiger partial charge in [-0.25, -0.2) is 0 Å². The van der Waals surface area contributed by atoms with Crippen LogP contribution in [0.15, 0.2) is 12.2 Å². The van der Waals surface area contributed by atoms with Gasteiger partial charge in [-0.1, -0.05) is 31.8 Å². The molecule has 1 amide bonds. The van der Waals surface area contributed by atoms with Crippen molar-refractivity contribution in [2.75, 3.05) is 18.9 Å². The topological polar surface area (TPSA) is 95.9 Å². The number of fused-ring (bicyclic) bond motifs is 1. The summed E-state index contributed by atoms with van der Waals surface area (Å²) in [7, 11) is -1.59. The molecule has 24 heavy (non-hydrogen) atoms. The summed E-state index contributed by atoms with van der Waals surface area (Å²) >= 11 is 1.49. The molecule has 3 atom stereocenters. The smallest absolute Gasteiger partial charge is 0.316 e. The van der Waals surface area contributed by atoms with E-state index in [9.17, 15) is 19.5 Å². The molecule has 2 unspecified atom stereocenters. The van der Waals surface area contributed by atoms with E-state index in [-0.39, 0.29) is 30.5 Å². The standard InChI is InChI=1S/C15H24N2O5SSi/c1-10(18)22-7-5-6-15(14(20)21)8-17-12(19)11(13(17)23-9-15)16-24(2,3)4/h5-6,11,13,16H,7-9H2,1-4H3,(H,20,21)/t11?,13-,15?/m1/s1. The molecule has 0 aromatic rings. The van der Waals surface area contributed by atoms with E-state index in [0.29, 0.717) is 5.75 Å². The second kappa shape index (κ2) is 6.89. The summed E-state index contributed by atoms with van der Waals surface area (Å²) in [6.07, 6.45) is 3.09. The van der Waals surface area contributed by atoms with Crippen molar-refractivity contribution in [2.45, 2.75) is 38.0 Å². The number of thioether (sulfide) groups is 1. The van der Waals surface area contributed by atoms with Gasteiger partial charge in [0.15, 0.2) is 0 Å². The second-order valence-corrected chi connectivity index (χ2v) is 13.1. The Labute approximate surface area is 146 Å². The predicted octanol–water partition coefficient (Wildman–Crippen LogP) is 0.885. The fourth-order valence-corrected chi connectivity index (χ4v) is 5.65. The number of esters is 1. The summed E-state index contributed by atoms with van der Waals surface area (Å²) in [5.41, 5.74) is -1.14. The molecule has 0 radical (unpaired) electrons. The van der Waals surface area contributed by atoms with Crippen LogP contribution < -0.4 is 4.98 Å². The zero-order valence-electron chi connectivity index (χ0n) is 14.4. The Hall–Kier alpha value is -1.32. The lowest BCUT2D eigenvalue weighted by Crippen LogP contribution is -2.75. The fraction of sp³-hybridized carbons (Fsp3) is 0.667. The van der Waals surface area contributed by atoms with Crippen LogP contribution in [0.3, 0.4) is 0 Å². The number of hydrogen-bond acceptors (Lipinski definition) is 6. The number of hydrogen-bond donors (Lipinski definition) is 2. The highest BCUT2D eigenvalue weighted by molar-refractivity contribution is 8.00. The molecular formula is C15H24N2O5SSi. The maximum absolute atomic E-state index is 12.4. The number of nitrogens with zero attached hydrogens (tertiary/aromatic N) is 1. The molecule has 2 heterocycles. The monoisotopic (exact) mass is 372 g/mol. The van der Waals surface area contributed by atoms with Crippen molar-refractivity contribution in [3.63, 3.8) is 0 Å². The Morgan fingerprint density at radius 2 is 2.17 bits per heavy atom. The molecular weight excluding hydrogens is 348 g/mol. The third kappa shape index (κ3) is 4.01. The minimum atomic E-state index is -1.59. The van der Waals surface area contributed by atoms with E-state index in [1.54, 1.807) is 17.1 Å². The molecule has 0 aromatic heterocycles. The Bertz CT molecular complexity index is 577. The van der Waals surface area contributed by atoms with E-state index < -0.39 is 25.6 Å². The molecule has 7 nitrogen and oxygen atoms in total. The summed E-state index contributed by atoms with van der Waals surface area (Å²) < 4.78 is 4.80. The third-order valence-corrected chi connectivity index (χ3v) is 6.67. The van der Waals surface area contributed by atoms with Crippen LogP contribution in [0.5, 0.6) is 0 Å². The Kier molecular flexibility index (Phi) is 5.46. The molecule has 0 aliphatic carbocycles. The average Bonchev–Trinajstić information content (AvgIpc) is 2.47. The number of carboxylic acid groups (broad SMARTS) is 1. The Balaban J connectivity index is 2.05. The first-order valence-electron chi connectivity index (χ1n) is 7.80. The SMILES string of the molecule is CC(=O)OCC=CC1(C(=O)O)CS[C@@H]2C(N[Si](C)(C)C)C(=O)N2C1. The van der Waals surface area contributed by atoms with E-state index in [0.717, 1.165) is 0 Å². The van der Waals surface area contributed by atoms with Crippen LogP contribution in [0.25, 0.3) is 0 Å². The molecule has 2 fully saturated rings. The van der Waals surface area contributed by atoms with Gasteiger partial charge in [0.1, 0.15) is 31.7 Å². The summed E-state index contributed by atoms with van der Waals surface area (Å²) in [6, 6.07) is -0.210. The maximum atomic E-state index is 12.4. The van der Waals surface area contributed by atoms with Crippen LogP contribution in [0.4, 0.5) is 0 Å². The van der Waals surface area contributed by atoms with Gasteiger partial charge in [0.05, 0.1) is 0 Å². The van der Waals surface area contributed by atoms with Crippen molar-refractivity contribution in [3.8, 4) is 0 Å². The number of ether oxygens (including phenoxy) is 1. The van der Waals surface area contributed by atoms with Crippen molar-refractivity contribution >= 4 is 37.8 Å². The number of amides is 1. The molecule has 0 saturated carbocycles. The molecule has 0 bridgehead atoms. The first-order valence-corrected chi connectivity index (χ1v) is 12.3. The minimum Gasteiger partial charge on any atom is -0.481 e. The highest BCUT2D eigenvalue weighted by Gasteiger charge is 2.56. The van der Waals surface area contributed by atoms with Gasteiger partial charge in [0, 0.05) is 19.2 Å². The summed E-state index contributed by atoms with van der Waals surface area (Å²) in [6.45, 7) is 7.89. The van der Waals surface area contributed by atoms with Gasteiger partial charge < -0.3 is 19.7 Å². The normalized spacial score (nSPS) is 30.0. The van der Waals surface area contributed by atoms with Crippen LogP contribution in [-0.2, 0) is 19.1 Å². The molecule has 2 N–H and O–H groups in total. The Morgan fingerprint density at radius 3 is 2.71 bits per heavy atom. The lowest BCUT2D eigenvalue weighted by atomic mass is 9.87. The number of nitrogens with one attached hydrogen (secondary N) is 1. The van der Waals surface area contributed by atoms with Crippen LogP contribution in [0, 0.1) is 5.41 Å². The van der Waals surface area contributed by atoms with Gasteiger partial charge in [-0.3, -0.25) is 14.4 Å². The van der Waals surface area contributed by atoms with Crippen molar-refractivity contribution in [3.05, 3.63) is 12.2 Å². The van der Waals surface area contributed by atoms with Gasteiger partial charge in [0.25, 0.3) is 0 Å². The molecule has 2 saturated heterocycles. The largest absolute Gasteiger partial charge is 0.481 e. The molecule has 9 heteroatoms. The number of aliphatic carboxylic acids is 1. The van der Waals surface area contributed by atoms with E-state index in [2.05, 4.69) is 24.6 Å². The lowest BCUT2D eigenvalue weighted by Gasteiger charge is -2.54.